The number of benzene rings is 1. The first-order valence-electron chi connectivity index (χ1n) is 3.15. The van der Waals surface area contributed by atoms with Gasteiger partial charge in [-0.15, -0.1) is 0 Å². The van der Waals surface area contributed by atoms with Crippen molar-refractivity contribution in [3.8, 4) is 5.75 Å². The van der Waals surface area contributed by atoms with E-state index >= 15 is 0 Å². The highest BCUT2D eigenvalue weighted by atomic mass is 16.4. The summed E-state index contributed by atoms with van der Waals surface area (Å²) in [6.07, 6.45) is 0. The summed E-state index contributed by atoms with van der Waals surface area (Å²) in [5.74, 6) is -0.997. The molecule has 0 radical (unpaired) electrons. The molecule has 4 heteroatoms. The Morgan fingerprint density at radius 2 is 2.00 bits per heavy atom. The van der Waals surface area contributed by atoms with Gasteiger partial charge in [0.1, 0.15) is 5.75 Å². The van der Waals surface area contributed by atoms with E-state index in [0.29, 0.717) is 5.56 Å². The van der Waals surface area contributed by atoms with E-state index in [1.807, 2.05) is 0 Å². The lowest BCUT2D eigenvalue weighted by Gasteiger charge is -2.00. The van der Waals surface area contributed by atoms with Crippen LogP contribution in [0.15, 0.2) is 18.2 Å². The molecule has 5 N–H and O–H groups in total. The summed E-state index contributed by atoms with van der Waals surface area (Å²) >= 11 is 0. The van der Waals surface area contributed by atoms with E-state index < -0.39 is 5.97 Å². The number of phenolic OH excluding ortho intramolecular Hbond substituents is 1. The first kappa shape index (κ1) is 10.4. The van der Waals surface area contributed by atoms with Crippen molar-refractivity contribution in [2.45, 2.75) is 6.92 Å². The molecule has 0 saturated heterocycles. The van der Waals surface area contributed by atoms with Gasteiger partial charge in [0, 0.05) is 5.56 Å². The average molecular weight is 169 g/mol. The maximum atomic E-state index is 10.5. The zero-order valence-electron chi connectivity index (χ0n) is 6.74. The van der Waals surface area contributed by atoms with Crippen molar-refractivity contribution in [1.82, 2.24) is 6.15 Å². The molecule has 0 saturated carbocycles. The Morgan fingerprint density at radius 3 is 2.42 bits per heavy atom. The van der Waals surface area contributed by atoms with Crippen molar-refractivity contribution < 1.29 is 15.0 Å². The second kappa shape index (κ2) is 3.73. The molecule has 66 valence electrons. The number of hydrogen-bond donors (Lipinski definition) is 3. The molecule has 0 aliphatic rings. The van der Waals surface area contributed by atoms with Gasteiger partial charge in [-0.1, -0.05) is 6.07 Å². The van der Waals surface area contributed by atoms with Crippen molar-refractivity contribution >= 4 is 5.97 Å². The molecule has 4 nitrogen and oxygen atoms in total. The average Bonchev–Trinajstić information content (AvgIpc) is 1.94. The Labute approximate surface area is 70.0 Å². The number of hydrogen-bond acceptors (Lipinski definition) is 3. The molecule has 0 atom stereocenters. The quantitative estimate of drug-likeness (QED) is 0.594. The van der Waals surface area contributed by atoms with E-state index in [0.717, 1.165) is 0 Å². The van der Waals surface area contributed by atoms with Crippen LogP contribution in [0.5, 0.6) is 5.75 Å². The lowest BCUT2D eigenvalue weighted by atomic mass is 10.1. The van der Waals surface area contributed by atoms with Crippen molar-refractivity contribution in [1.29, 1.82) is 0 Å². The minimum Gasteiger partial charge on any atom is -0.508 e. The highest BCUT2D eigenvalue weighted by Gasteiger charge is 2.08. The molecule has 0 spiro atoms. The number of carboxylic acids is 1. The first-order valence-corrected chi connectivity index (χ1v) is 3.15. The van der Waals surface area contributed by atoms with Crippen LogP contribution in [0.1, 0.15) is 15.9 Å². The van der Waals surface area contributed by atoms with Gasteiger partial charge in [0.25, 0.3) is 0 Å². The molecule has 0 amide bonds. The fourth-order valence-corrected chi connectivity index (χ4v) is 0.855. The van der Waals surface area contributed by atoms with Crippen LogP contribution in [0.4, 0.5) is 0 Å². The first-order chi connectivity index (χ1) is 5.13. The van der Waals surface area contributed by atoms with Gasteiger partial charge in [-0.2, -0.15) is 0 Å². The largest absolute Gasteiger partial charge is 0.508 e. The molecular weight excluding hydrogens is 158 g/mol. The predicted octanol–water partition coefficient (Wildman–Crippen LogP) is 1.56. The van der Waals surface area contributed by atoms with Crippen LogP contribution in [-0.2, 0) is 0 Å². The Morgan fingerprint density at radius 1 is 1.42 bits per heavy atom. The lowest BCUT2D eigenvalue weighted by molar-refractivity contribution is 0.0695. The van der Waals surface area contributed by atoms with Crippen LogP contribution >= 0.6 is 0 Å². The third kappa shape index (κ3) is 1.73. The Hall–Kier alpha value is -1.55. The minimum absolute atomic E-state index is 0. The van der Waals surface area contributed by atoms with Crippen LogP contribution in [0.2, 0.25) is 0 Å². The summed E-state index contributed by atoms with van der Waals surface area (Å²) in [6.45, 7) is 1.57. The maximum absolute atomic E-state index is 10.5. The van der Waals surface area contributed by atoms with Gasteiger partial charge < -0.3 is 16.4 Å². The smallest absolute Gasteiger partial charge is 0.336 e. The summed E-state index contributed by atoms with van der Waals surface area (Å²) in [5, 5.41) is 17.7. The van der Waals surface area contributed by atoms with Crippen LogP contribution in [0.25, 0.3) is 0 Å². The molecule has 12 heavy (non-hydrogen) atoms. The van der Waals surface area contributed by atoms with Crippen molar-refractivity contribution in [3.63, 3.8) is 0 Å². The third-order valence-electron chi connectivity index (χ3n) is 1.54. The normalized spacial score (nSPS) is 8.75. The van der Waals surface area contributed by atoms with Gasteiger partial charge in [-0.3, -0.25) is 0 Å². The molecule has 1 rings (SSSR count). The van der Waals surface area contributed by atoms with E-state index in [1.54, 1.807) is 6.92 Å². The highest BCUT2D eigenvalue weighted by Crippen LogP contribution is 2.18. The zero-order valence-corrected chi connectivity index (χ0v) is 6.74. The van der Waals surface area contributed by atoms with Crippen molar-refractivity contribution in [2.75, 3.05) is 0 Å². The van der Waals surface area contributed by atoms with Crippen molar-refractivity contribution in [3.05, 3.63) is 29.3 Å². The van der Waals surface area contributed by atoms with E-state index in [1.165, 1.54) is 18.2 Å². The van der Waals surface area contributed by atoms with E-state index in [-0.39, 0.29) is 17.5 Å². The summed E-state index contributed by atoms with van der Waals surface area (Å²) in [5.41, 5.74) is 0.546. The van der Waals surface area contributed by atoms with Gasteiger partial charge in [-0.05, 0) is 19.1 Å². The Balaban J connectivity index is 0.00000121. The van der Waals surface area contributed by atoms with Crippen LogP contribution in [-0.4, -0.2) is 16.2 Å². The lowest BCUT2D eigenvalue weighted by Crippen LogP contribution is -1.98. The Bertz CT molecular complexity index is 296. The molecular formula is C8H11NO3. The molecule has 0 unspecified atom stereocenters. The predicted molar refractivity (Wildman–Crippen MR) is 44.8 cm³/mol. The van der Waals surface area contributed by atoms with Crippen LogP contribution in [0.3, 0.4) is 0 Å². The summed E-state index contributed by atoms with van der Waals surface area (Å²) < 4.78 is 0. The standard InChI is InChI=1S/C8H8O3.H3N/c1-5-6(8(10)11)3-2-4-7(5)9;/h2-4,9H,1H3,(H,10,11);1H3. The molecule has 0 aliphatic carbocycles. The van der Waals surface area contributed by atoms with Gasteiger partial charge in [0.05, 0.1) is 5.56 Å². The zero-order chi connectivity index (χ0) is 8.43. The maximum Gasteiger partial charge on any atom is 0.336 e. The number of carboxylic acid groups (broad SMARTS) is 1. The second-order valence-electron chi connectivity index (χ2n) is 2.25. The number of carbonyl (C=O) groups is 1. The molecule has 1 aromatic carbocycles. The van der Waals surface area contributed by atoms with E-state index in [4.69, 9.17) is 10.2 Å². The molecule has 0 heterocycles. The second-order valence-corrected chi connectivity index (χ2v) is 2.25. The SMILES string of the molecule is Cc1c(O)cccc1C(=O)O.N. The van der Waals surface area contributed by atoms with Crippen molar-refractivity contribution in [2.24, 2.45) is 0 Å². The van der Waals surface area contributed by atoms with Crippen LogP contribution < -0.4 is 6.15 Å². The molecule has 1 aromatic rings. The van der Waals surface area contributed by atoms with Gasteiger partial charge in [-0.25, -0.2) is 4.79 Å². The number of phenols is 1. The monoisotopic (exact) mass is 169 g/mol. The van der Waals surface area contributed by atoms with Crippen LogP contribution in [0, 0.1) is 6.92 Å². The number of aromatic carboxylic acids is 1. The van der Waals surface area contributed by atoms with Gasteiger partial charge in [0.15, 0.2) is 0 Å². The molecule has 0 bridgehead atoms. The molecule has 0 aliphatic heterocycles. The Kier molecular flexibility index (Phi) is 3.25. The minimum atomic E-state index is -1.02. The summed E-state index contributed by atoms with van der Waals surface area (Å²) in [6, 6.07) is 4.42. The summed E-state index contributed by atoms with van der Waals surface area (Å²) in [7, 11) is 0. The molecule has 0 fully saturated rings. The molecule has 0 aromatic heterocycles. The fourth-order valence-electron chi connectivity index (χ4n) is 0.855. The number of aromatic hydroxyl groups is 1. The highest BCUT2D eigenvalue weighted by molar-refractivity contribution is 5.90. The number of rotatable bonds is 1. The summed E-state index contributed by atoms with van der Waals surface area (Å²) in [4.78, 5) is 10.5. The van der Waals surface area contributed by atoms with Gasteiger partial charge in [0.2, 0.25) is 0 Å². The van der Waals surface area contributed by atoms with E-state index in [2.05, 4.69) is 0 Å². The van der Waals surface area contributed by atoms with Gasteiger partial charge >= 0.3 is 5.97 Å². The third-order valence-corrected chi connectivity index (χ3v) is 1.54. The topological polar surface area (TPSA) is 92.5 Å². The van der Waals surface area contributed by atoms with E-state index in [9.17, 15) is 4.79 Å². The fraction of sp³-hybridized carbons (Fsp3) is 0.125.